The number of nitrogens with zero attached hydrogens (tertiary/aromatic N) is 1. The van der Waals surface area contributed by atoms with Crippen molar-refractivity contribution in [2.45, 2.75) is 25.2 Å². The van der Waals surface area contributed by atoms with Crippen molar-refractivity contribution in [3.8, 4) is 12.3 Å². The van der Waals surface area contributed by atoms with Gasteiger partial charge in [-0.1, -0.05) is 0 Å². The molecule has 0 radical (unpaired) electrons. The number of halogens is 3. The van der Waals surface area contributed by atoms with Gasteiger partial charge in [0.15, 0.2) is 0 Å². The molecule has 0 saturated heterocycles. The summed E-state index contributed by atoms with van der Waals surface area (Å²) in [5.41, 5.74) is -0.286. The van der Waals surface area contributed by atoms with Crippen molar-refractivity contribution >= 4 is 11.9 Å². The topological polar surface area (TPSA) is 71.3 Å². The minimum absolute atomic E-state index is 0.263. The molecular formula is C12H11F3N2O3. The summed E-state index contributed by atoms with van der Waals surface area (Å²) in [5.74, 6) is -0.215. The maximum atomic E-state index is 12.3. The first-order valence-corrected chi connectivity index (χ1v) is 5.43. The van der Waals surface area contributed by atoms with Crippen molar-refractivity contribution in [1.29, 1.82) is 0 Å². The van der Waals surface area contributed by atoms with Crippen LogP contribution < -0.4 is 5.32 Å². The Morgan fingerprint density at radius 3 is 2.65 bits per heavy atom. The highest BCUT2D eigenvalue weighted by atomic mass is 19.4. The van der Waals surface area contributed by atoms with Crippen LogP contribution in [0.15, 0.2) is 18.3 Å². The third kappa shape index (κ3) is 4.35. The summed E-state index contributed by atoms with van der Waals surface area (Å²) in [5, 5.41) is 10.9. The van der Waals surface area contributed by atoms with Crippen LogP contribution in [0.2, 0.25) is 0 Å². The summed E-state index contributed by atoms with van der Waals surface area (Å²) in [6.45, 7) is -1.34. The second kappa shape index (κ2) is 6.14. The van der Waals surface area contributed by atoms with Crippen LogP contribution in [-0.2, 0) is 11.3 Å². The van der Waals surface area contributed by atoms with Gasteiger partial charge in [-0.15, -0.1) is 12.3 Å². The van der Waals surface area contributed by atoms with Crippen molar-refractivity contribution in [1.82, 2.24) is 9.88 Å². The number of aromatic nitrogens is 1. The number of hydrogen-bond donors (Lipinski definition) is 2. The summed E-state index contributed by atoms with van der Waals surface area (Å²) in [4.78, 5) is 22.6. The van der Waals surface area contributed by atoms with Gasteiger partial charge in [-0.05, 0) is 12.1 Å². The fourth-order valence-electron chi connectivity index (χ4n) is 1.50. The van der Waals surface area contributed by atoms with Crippen molar-refractivity contribution in [2.24, 2.45) is 0 Å². The van der Waals surface area contributed by atoms with E-state index in [-0.39, 0.29) is 12.1 Å². The number of rotatable bonds is 5. The van der Waals surface area contributed by atoms with Crippen LogP contribution in [0.3, 0.4) is 0 Å². The second-order valence-corrected chi connectivity index (χ2v) is 3.91. The highest BCUT2D eigenvalue weighted by Gasteiger charge is 2.30. The van der Waals surface area contributed by atoms with Crippen LogP contribution in [-0.4, -0.2) is 33.8 Å². The molecule has 1 rings (SSSR count). The van der Waals surface area contributed by atoms with Crippen LogP contribution in [0.1, 0.15) is 16.9 Å². The largest absolute Gasteiger partial charge is 0.480 e. The Morgan fingerprint density at radius 2 is 2.15 bits per heavy atom. The lowest BCUT2D eigenvalue weighted by molar-refractivity contribution is -0.141. The molecule has 1 aromatic heterocycles. The van der Waals surface area contributed by atoms with Gasteiger partial charge in [0.1, 0.15) is 18.3 Å². The normalized spacial score (nSPS) is 12.5. The standard InChI is InChI=1S/C12H11F3N2O3/c1-2-4-8(11(19)20)16-10(18)9-5-3-6-17(9)7-12(13,14)15/h1,3,5-6,8H,4,7H2,(H,16,18)(H,19,20). The quantitative estimate of drug-likeness (QED) is 0.801. The van der Waals surface area contributed by atoms with Crippen LogP contribution in [0, 0.1) is 12.3 Å². The predicted molar refractivity (Wildman–Crippen MR) is 62.8 cm³/mol. The second-order valence-electron chi connectivity index (χ2n) is 3.91. The lowest BCUT2D eigenvalue weighted by atomic mass is 10.2. The third-order valence-corrected chi connectivity index (χ3v) is 2.34. The average molecular weight is 288 g/mol. The van der Waals surface area contributed by atoms with Crippen LogP contribution in [0.25, 0.3) is 0 Å². The van der Waals surface area contributed by atoms with Gasteiger partial charge in [0.05, 0.1) is 0 Å². The fraction of sp³-hybridized carbons (Fsp3) is 0.333. The maximum absolute atomic E-state index is 12.3. The Balaban J connectivity index is 2.85. The molecule has 1 aromatic rings. The zero-order valence-electron chi connectivity index (χ0n) is 10.1. The van der Waals surface area contributed by atoms with Crippen molar-refractivity contribution in [3.05, 3.63) is 24.0 Å². The molecular weight excluding hydrogens is 277 g/mol. The molecule has 108 valence electrons. The molecule has 0 aliphatic heterocycles. The van der Waals surface area contributed by atoms with Gasteiger partial charge in [0.2, 0.25) is 0 Å². The van der Waals surface area contributed by atoms with Gasteiger partial charge in [-0.2, -0.15) is 13.2 Å². The first kappa shape index (κ1) is 15.6. The van der Waals surface area contributed by atoms with E-state index < -0.39 is 30.6 Å². The summed E-state index contributed by atoms with van der Waals surface area (Å²) in [6, 6.07) is 1.08. The van der Waals surface area contributed by atoms with Crippen LogP contribution in [0.4, 0.5) is 13.2 Å². The Kier molecular flexibility index (Phi) is 4.80. The molecule has 20 heavy (non-hydrogen) atoms. The summed E-state index contributed by atoms with van der Waals surface area (Å²) in [6.07, 6.45) is 1.29. The minimum Gasteiger partial charge on any atom is -0.480 e. The number of nitrogens with one attached hydrogen (secondary N) is 1. The summed E-state index contributed by atoms with van der Waals surface area (Å²) < 4.78 is 37.6. The number of terminal acetylenes is 1. The number of carboxylic acids is 1. The minimum atomic E-state index is -4.49. The first-order valence-electron chi connectivity index (χ1n) is 5.43. The lowest BCUT2D eigenvalue weighted by Crippen LogP contribution is -2.41. The first-order chi connectivity index (χ1) is 9.24. The zero-order chi connectivity index (χ0) is 15.3. The highest BCUT2D eigenvalue weighted by molar-refractivity contribution is 5.95. The molecule has 1 atom stereocenters. The van der Waals surface area contributed by atoms with Gasteiger partial charge < -0.3 is 15.0 Å². The monoisotopic (exact) mass is 288 g/mol. The number of amides is 1. The number of carbonyl (C=O) groups is 2. The van der Waals surface area contributed by atoms with Gasteiger partial charge in [-0.25, -0.2) is 4.79 Å². The Labute approximate surface area is 112 Å². The molecule has 0 saturated carbocycles. The number of hydrogen-bond acceptors (Lipinski definition) is 2. The van der Waals surface area contributed by atoms with E-state index in [0.717, 1.165) is 12.3 Å². The van der Waals surface area contributed by atoms with E-state index in [1.165, 1.54) is 6.07 Å². The zero-order valence-corrected chi connectivity index (χ0v) is 10.1. The fourth-order valence-corrected chi connectivity index (χ4v) is 1.50. The molecule has 0 fully saturated rings. The van der Waals surface area contributed by atoms with Gasteiger partial charge in [0, 0.05) is 12.6 Å². The maximum Gasteiger partial charge on any atom is 0.406 e. The average Bonchev–Trinajstić information content (AvgIpc) is 2.73. The molecule has 0 aliphatic rings. The van der Waals surface area contributed by atoms with E-state index in [1.807, 2.05) is 0 Å². The molecule has 1 amide bonds. The summed E-state index contributed by atoms with van der Waals surface area (Å²) in [7, 11) is 0. The molecule has 0 spiro atoms. The number of alkyl halides is 3. The highest BCUT2D eigenvalue weighted by Crippen LogP contribution is 2.19. The Hall–Kier alpha value is -2.43. The third-order valence-electron chi connectivity index (χ3n) is 2.34. The Bertz CT molecular complexity index is 543. The van der Waals surface area contributed by atoms with Crippen molar-refractivity contribution < 1.29 is 27.9 Å². The van der Waals surface area contributed by atoms with Crippen LogP contribution in [0.5, 0.6) is 0 Å². The number of carbonyl (C=O) groups excluding carboxylic acids is 1. The lowest BCUT2D eigenvalue weighted by Gasteiger charge is -2.14. The molecule has 8 heteroatoms. The Morgan fingerprint density at radius 1 is 1.50 bits per heavy atom. The van der Waals surface area contributed by atoms with E-state index in [0.29, 0.717) is 4.57 Å². The molecule has 2 N–H and O–H groups in total. The molecule has 1 heterocycles. The van der Waals surface area contributed by atoms with Crippen molar-refractivity contribution in [2.75, 3.05) is 0 Å². The number of carboxylic acid groups (broad SMARTS) is 1. The molecule has 0 aliphatic carbocycles. The van der Waals surface area contributed by atoms with Gasteiger partial charge in [-0.3, -0.25) is 4.79 Å². The number of aliphatic carboxylic acids is 1. The summed E-state index contributed by atoms with van der Waals surface area (Å²) >= 11 is 0. The molecule has 5 nitrogen and oxygen atoms in total. The van der Waals surface area contributed by atoms with E-state index >= 15 is 0 Å². The van der Waals surface area contributed by atoms with Crippen molar-refractivity contribution in [3.63, 3.8) is 0 Å². The SMILES string of the molecule is C#CCC(NC(=O)c1cccn1CC(F)(F)F)C(=O)O. The van der Waals surface area contributed by atoms with E-state index in [4.69, 9.17) is 11.5 Å². The predicted octanol–water partition coefficient (Wildman–Crippen LogP) is 1.26. The smallest absolute Gasteiger partial charge is 0.406 e. The molecule has 0 bridgehead atoms. The van der Waals surface area contributed by atoms with E-state index in [9.17, 15) is 22.8 Å². The van der Waals surface area contributed by atoms with Gasteiger partial charge in [0.25, 0.3) is 5.91 Å². The van der Waals surface area contributed by atoms with Gasteiger partial charge >= 0.3 is 12.1 Å². The van der Waals surface area contributed by atoms with E-state index in [1.54, 1.807) is 0 Å². The van der Waals surface area contributed by atoms with Crippen LogP contribution >= 0.6 is 0 Å². The van der Waals surface area contributed by atoms with E-state index in [2.05, 4.69) is 11.2 Å². The molecule has 0 aromatic carbocycles. The molecule has 1 unspecified atom stereocenters.